The van der Waals surface area contributed by atoms with Crippen molar-refractivity contribution in [2.24, 2.45) is 0 Å². The number of anilines is 1. The Morgan fingerprint density at radius 1 is 1.05 bits per heavy atom. The van der Waals surface area contributed by atoms with Gasteiger partial charge in [0.1, 0.15) is 11.6 Å². The van der Waals surface area contributed by atoms with Crippen LogP contribution in [0.3, 0.4) is 0 Å². The summed E-state index contributed by atoms with van der Waals surface area (Å²) in [6, 6.07) is 10.9. The fraction of sp³-hybridized carbons (Fsp3) is 0.444. The molecule has 2 aromatic rings. The zero-order chi connectivity index (χ0) is 14.2. The smallest absolute Gasteiger partial charge is 0.134 e. The van der Waals surface area contributed by atoms with Crippen LogP contribution < -0.4 is 5.32 Å². The van der Waals surface area contributed by atoms with Gasteiger partial charge in [0.25, 0.3) is 0 Å². The molecule has 0 aliphatic heterocycles. The second-order valence-corrected chi connectivity index (χ2v) is 6.21. The van der Waals surface area contributed by atoms with Crippen molar-refractivity contribution in [3.63, 3.8) is 0 Å². The number of aromatic nitrogens is 2. The van der Waals surface area contributed by atoms with Gasteiger partial charge in [-0.2, -0.15) is 0 Å². The Morgan fingerprint density at radius 2 is 1.76 bits per heavy atom. The summed E-state index contributed by atoms with van der Waals surface area (Å²) in [4.78, 5) is 9.67. The van der Waals surface area contributed by atoms with Crippen LogP contribution in [0.15, 0.2) is 30.3 Å². The summed E-state index contributed by atoms with van der Waals surface area (Å²) in [6.45, 7) is 3.02. The minimum absolute atomic E-state index is 0.443. The lowest BCUT2D eigenvalue weighted by molar-refractivity contribution is 0.674. The molecule has 1 aromatic carbocycles. The molecule has 2 aliphatic carbocycles. The fourth-order valence-electron chi connectivity index (χ4n) is 3.27. The molecule has 1 saturated carbocycles. The number of rotatable bonds is 4. The van der Waals surface area contributed by atoms with Gasteiger partial charge in [-0.25, -0.2) is 9.97 Å². The predicted octanol–water partition coefficient (Wildman–Crippen LogP) is 3.67. The van der Waals surface area contributed by atoms with E-state index in [1.807, 2.05) is 0 Å². The van der Waals surface area contributed by atoms with Crippen LogP contribution in [0.2, 0.25) is 0 Å². The number of hydrogen-bond acceptors (Lipinski definition) is 3. The highest BCUT2D eigenvalue weighted by Gasteiger charge is 2.29. The van der Waals surface area contributed by atoms with E-state index in [1.54, 1.807) is 0 Å². The Bertz CT molecular complexity index is 636. The lowest BCUT2D eigenvalue weighted by Gasteiger charge is -2.12. The van der Waals surface area contributed by atoms with E-state index in [0.717, 1.165) is 31.0 Å². The molecule has 3 heteroatoms. The van der Waals surface area contributed by atoms with E-state index in [1.165, 1.54) is 29.7 Å². The van der Waals surface area contributed by atoms with Crippen molar-refractivity contribution in [2.75, 3.05) is 11.9 Å². The summed E-state index contributed by atoms with van der Waals surface area (Å²) in [6.07, 6.45) is 4.73. The first-order chi connectivity index (χ1) is 10.3. The van der Waals surface area contributed by atoms with Crippen molar-refractivity contribution in [3.05, 3.63) is 53.0 Å². The molecule has 4 rings (SSSR count). The second kappa shape index (κ2) is 5.14. The first-order valence-electron chi connectivity index (χ1n) is 8.03. The summed E-state index contributed by atoms with van der Waals surface area (Å²) >= 11 is 0. The number of nitrogens with one attached hydrogen (secondary N) is 1. The zero-order valence-electron chi connectivity index (χ0n) is 12.5. The van der Waals surface area contributed by atoms with Gasteiger partial charge in [0.05, 0.1) is 0 Å². The Labute approximate surface area is 125 Å². The van der Waals surface area contributed by atoms with Crippen LogP contribution in [0.25, 0.3) is 0 Å². The summed E-state index contributed by atoms with van der Waals surface area (Å²) in [5, 5.41) is 3.36. The van der Waals surface area contributed by atoms with Crippen molar-refractivity contribution in [1.82, 2.24) is 9.97 Å². The van der Waals surface area contributed by atoms with E-state index in [-0.39, 0.29) is 0 Å². The Balaban J connectivity index is 1.65. The third kappa shape index (κ3) is 2.53. The van der Waals surface area contributed by atoms with Crippen molar-refractivity contribution in [3.8, 4) is 0 Å². The van der Waals surface area contributed by atoms with Gasteiger partial charge in [0, 0.05) is 30.1 Å². The van der Waals surface area contributed by atoms with Crippen LogP contribution in [0, 0.1) is 0 Å². The van der Waals surface area contributed by atoms with Gasteiger partial charge in [-0.3, -0.25) is 0 Å². The van der Waals surface area contributed by atoms with Crippen LogP contribution in [-0.2, 0) is 12.8 Å². The van der Waals surface area contributed by atoms with Gasteiger partial charge in [-0.1, -0.05) is 24.3 Å². The normalized spacial score (nSPS) is 17.8. The van der Waals surface area contributed by atoms with Crippen LogP contribution in [0.1, 0.15) is 54.2 Å². The molecule has 0 bridgehead atoms. The number of benzene rings is 1. The van der Waals surface area contributed by atoms with Gasteiger partial charge in [0.2, 0.25) is 0 Å². The number of hydrogen-bond donors (Lipinski definition) is 1. The monoisotopic (exact) mass is 279 g/mol. The first-order valence-corrected chi connectivity index (χ1v) is 8.03. The summed E-state index contributed by atoms with van der Waals surface area (Å²) < 4.78 is 0. The van der Waals surface area contributed by atoms with Crippen molar-refractivity contribution >= 4 is 5.82 Å². The second-order valence-electron chi connectivity index (χ2n) is 6.21. The summed E-state index contributed by atoms with van der Waals surface area (Å²) in [5.74, 6) is 3.15. The van der Waals surface area contributed by atoms with E-state index in [2.05, 4.69) is 42.6 Å². The molecule has 0 saturated heterocycles. The molecule has 1 N–H and O–H groups in total. The van der Waals surface area contributed by atoms with Gasteiger partial charge >= 0.3 is 0 Å². The SMILES string of the molecule is CCNc1cc(C2CC2)nc(C2Cc3ccccc3C2)n1. The molecule has 0 radical (unpaired) electrons. The molecular weight excluding hydrogens is 258 g/mol. The Morgan fingerprint density at radius 3 is 2.38 bits per heavy atom. The van der Waals surface area contributed by atoms with Gasteiger partial charge in [-0.15, -0.1) is 0 Å². The number of nitrogens with zero attached hydrogens (tertiary/aromatic N) is 2. The molecule has 0 spiro atoms. The molecule has 0 atom stereocenters. The van der Waals surface area contributed by atoms with Crippen LogP contribution >= 0.6 is 0 Å². The van der Waals surface area contributed by atoms with Crippen molar-refractivity contribution in [2.45, 2.75) is 44.4 Å². The molecule has 1 fully saturated rings. The predicted molar refractivity (Wildman–Crippen MR) is 84.8 cm³/mol. The zero-order valence-corrected chi connectivity index (χ0v) is 12.5. The summed E-state index contributed by atoms with van der Waals surface area (Å²) in [5.41, 5.74) is 4.17. The average molecular weight is 279 g/mol. The third-order valence-electron chi connectivity index (χ3n) is 4.53. The van der Waals surface area contributed by atoms with Crippen molar-refractivity contribution < 1.29 is 0 Å². The largest absolute Gasteiger partial charge is 0.370 e. The molecule has 1 aromatic heterocycles. The maximum absolute atomic E-state index is 4.89. The minimum Gasteiger partial charge on any atom is -0.370 e. The quantitative estimate of drug-likeness (QED) is 0.928. The van der Waals surface area contributed by atoms with E-state index in [4.69, 9.17) is 9.97 Å². The highest BCUT2D eigenvalue weighted by Crippen LogP contribution is 2.41. The standard InChI is InChI=1S/C18H21N3/c1-2-19-17-11-16(12-7-8-12)20-18(21-17)15-9-13-5-3-4-6-14(13)10-15/h3-6,11-12,15H,2,7-10H2,1H3,(H,19,20,21). The van der Waals surface area contributed by atoms with E-state index in [9.17, 15) is 0 Å². The average Bonchev–Trinajstić information content (AvgIpc) is 3.26. The maximum atomic E-state index is 4.89. The fourth-order valence-corrected chi connectivity index (χ4v) is 3.27. The molecule has 2 aliphatic rings. The molecule has 21 heavy (non-hydrogen) atoms. The first kappa shape index (κ1) is 12.8. The minimum atomic E-state index is 0.443. The molecule has 0 unspecified atom stereocenters. The van der Waals surface area contributed by atoms with E-state index >= 15 is 0 Å². The molecule has 1 heterocycles. The number of fused-ring (bicyclic) bond motifs is 1. The lowest BCUT2D eigenvalue weighted by Crippen LogP contribution is -2.10. The highest BCUT2D eigenvalue weighted by molar-refractivity contribution is 5.41. The lowest BCUT2D eigenvalue weighted by atomic mass is 10.1. The van der Waals surface area contributed by atoms with Crippen LogP contribution in [-0.4, -0.2) is 16.5 Å². The van der Waals surface area contributed by atoms with E-state index in [0.29, 0.717) is 11.8 Å². The topological polar surface area (TPSA) is 37.8 Å². The Kier molecular flexibility index (Phi) is 3.13. The van der Waals surface area contributed by atoms with Gasteiger partial charge in [-0.05, 0) is 43.7 Å². The highest BCUT2D eigenvalue weighted by atomic mass is 15.0. The Hall–Kier alpha value is -1.90. The molecule has 0 amide bonds. The third-order valence-corrected chi connectivity index (χ3v) is 4.53. The van der Waals surface area contributed by atoms with Crippen molar-refractivity contribution in [1.29, 1.82) is 0 Å². The van der Waals surface area contributed by atoms with Crippen LogP contribution in [0.5, 0.6) is 0 Å². The van der Waals surface area contributed by atoms with Crippen LogP contribution in [0.4, 0.5) is 5.82 Å². The molecular formula is C18H21N3. The summed E-state index contributed by atoms with van der Waals surface area (Å²) in [7, 11) is 0. The molecule has 3 nitrogen and oxygen atoms in total. The maximum Gasteiger partial charge on any atom is 0.134 e. The van der Waals surface area contributed by atoms with Gasteiger partial charge in [0.15, 0.2) is 0 Å². The molecule has 108 valence electrons. The van der Waals surface area contributed by atoms with Gasteiger partial charge < -0.3 is 5.32 Å². The van der Waals surface area contributed by atoms with E-state index < -0.39 is 0 Å².